The normalized spacial score (nSPS) is 21.4. The van der Waals surface area contributed by atoms with Gasteiger partial charge in [0.15, 0.2) is 0 Å². The lowest BCUT2D eigenvalue weighted by Gasteiger charge is -2.13. The highest BCUT2D eigenvalue weighted by atomic mass is 16.3. The van der Waals surface area contributed by atoms with Gasteiger partial charge in [0, 0.05) is 39.3 Å². The fraction of sp³-hybridized carbons (Fsp3) is 0.333. The number of benzene rings is 1. The van der Waals surface area contributed by atoms with Crippen molar-refractivity contribution in [2.75, 3.05) is 25.6 Å². The predicted molar refractivity (Wildman–Crippen MR) is 78.5 cm³/mol. The number of amides is 1. The van der Waals surface area contributed by atoms with Crippen LogP contribution in [0, 0.1) is 11.8 Å². The van der Waals surface area contributed by atoms with E-state index in [0.29, 0.717) is 18.5 Å². The zero-order chi connectivity index (χ0) is 14.8. The van der Waals surface area contributed by atoms with Gasteiger partial charge in [0.25, 0.3) is 5.91 Å². The molecule has 0 saturated carbocycles. The fourth-order valence-corrected chi connectivity index (χ4v) is 2.01. The van der Waals surface area contributed by atoms with Crippen LogP contribution in [0.3, 0.4) is 0 Å². The molecule has 0 aromatic heterocycles. The first-order valence-electron chi connectivity index (χ1n) is 6.28. The lowest BCUT2D eigenvalue weighted by atomic mass is 10.0. The van der Waals surface area contributed by atoms with Gasteiger partial charge in [-0.3, -0.25) is 9.80 Å². The third-order valence-corrected chi connectivity index (χ3v) is 3.36. The first-order chi connectivity index (χ1) is 9.46. The number of carbonyl (C=O) groups is 1. The van der Waals surface area contributed by atoms with Crippen LogP contribution >= 0.6 is 0 Å². The fourth-order valence-electron chi connectivity index (χ4n) is 2.01. The summed E-state index contributed by atoms with van der Waals surface area (Å²) < 4.78 is 0. The van der Waals surface area contributed by atoms with Gasteiger partial charge < -0.3 is 10.0 Å². The van der Waals surface area contributed by atoms with E-state index in [2.05, 4.69) is 23.7 Å². The highest BCUT2D eigenvalue weighted by molar-refractivity contribution is 5.90. The van der Waals surface area contributed by atoms with Crippen LogP contribution in [0.1, 0.15) is 12.0 Å². The van der Waals surface area contributed by atoms with Crippen molar-refractivity contribution in [2.24, 2.45) is 5.10 Å². The molecule has 0 unspecified atom stereocenters. The summed E-state index contributed by atoms with van der Waals surface area (Å²) in [6.07, 6.45) is 0.336. The Balaban J connectivity index is 2.25. The van der Waals surface area contributed by atoms with Gasteiger partial charge >= 0.3 is 0 Å². The van der Waals surface area contributed by atoms with Crippen molar-refractivity contribution in [3.63, 3.8) is 0 Å². The standard InChI is InChI=1S/C15H17N3O2/c1-16-18(3)13-6-4-5-12(11-13)7-8-15(20)9-10-17(2)14(15)19/h4-6,11,20H,1,9-10H2,2-3H3/t15-/m0/s1. The summed E-state index contributed by atoms with van der Waals surface area (Å²) in [6, 6.07) is 7.37. The van der Waals surface area contributed by atoms with Crippen LogP contribution in [0.2, 0.25) is 0 Å². The molecule has 5 heteroatoms. The van der Waals surface area contributed by atoms with Crippen molar-refractivity contribution in [3.8, 4) is 11.8 Å². The maximum absolute atomic E-state index is 11.8. The van der Waals surface area contributed by atoms with Crippen LogP contribution in [0.15, 0.2) is 29.4 Å². The smallest absolute Gasteiger partial charge is 0.267 e. The summed E-state index contributed by atoms with van der Waals surface area (Å²) in [6.45, 7) is 3.98. The summed E-state index contributed by atoms with van der Waals surface area (Å²) in [4.78, 5) is 13.3. The van der Waals surface area contributed by atoms with E-state index in [9.17, 15) is 9.90 Å². The highest BCUT2D eigenvalue weighted by Crippen LogP contribution is 2.21. The van der Waals surface area contributed by atoms with Crippen LogP contribution in [-0.4, -0.2) is 48.9 Å². The zero-order valence-electron chi connectivity index (χ0n) is 11.6. The van der Waals surface area contributed by atoms with E-state index in [1.165, 1.54) is 4.90 Å². The van der Waals surface area contributed by atoms with Crippen molar-refractivity contribution < 1.29 is 9.90 Å². The molecule has 1 fully saturated rings. The lowest BCUT2D eigenvalue weighted by Crippen LogP contribution is -2.37. The van der Waals surface area contributed by atoms with Crippen molar-refractivity contribution in [1.82, 2.24) is 4.90 Å². The number of likely N-dealkylation sites (N-methyl/N-ethyl adjacent to an activating group) is 1. The number of hydrazone groups is 1. The Morgan fingerprint density at radius 3 is 2.90 bits per heavy atom. The first-order valence-corrected chi connectivity index (χ1v) is 6.28. The minimum absolute atomic E-state index is 0.336. The Morgan fingerprint density at radius 1 is 1.55 bits per heavy atom. The average molecular weight is 271 g/mol. The second kappa shape index (κ2) is 5.35. The third-order valence-electron chi connectivity index (χ3n) is 3.36. The van der Waals surface area contributed by atoms with E-state index in [-0.39, 0.29) is 5.91 Å². The van der Waals surface area contributed by atoms with Crippen LogP contribution in [0.25, 0.3) is 0 Å². The number of anilines is 1. The topological polar surface area (TPSA) is 56.1 Å². The van der Waals surface area contributed by atoms with E-state index in [0.717, 1.165) is 5.69 Å². The molecule has 1 atom stereocenters. The van der Waals surface area contributed by atoms with E-state index in [1.807, 2.05) is 24.3 Å². The van der Waals surface area contributed by atoms with Crippen molar-refractivity contribution in [2.45, 2.75) is 12.0 Å². The molecule has 0 bridgehead atoms. The minimum atomic E-state index is -1.56. The Kier molecular flexibility index (Phi) is 3.77. The van der Waals surface area contributed by atoms with Crippen LogP contribution in [0.5, 0.6) is 0 Å². The predicted octanol–water partition coefficient (Wildman–Crippen LogP) is 0.683. The maximum Gasteiger partial charge on any atom is 0.267 e. The SMILES string of the molecule is C=NN(C)c1cccc(C#C[C@]2(O)CCN(C)C2=O)c1. The number of carbonyl (C=O) groups excluding carboxylic acids is 1. The molecule has 1 aliphatic heterocycles. The Morgan fingerprint density at radius 2 is 2.30 bits per heavy atom. The van der Waals surface area contributed by atoms with Crippen molar-refractivity contribution in [1.29, 1.82) is 0 Å². The van der Waals surface area contributed by atoms with Gasteiger partial charge in [-0.2, -0.15) is 5.10 Å². The monoisotopic (exact) mass is 271 g/mol. The average Bonchev–Trinajstić information content (AvgIpc) is 2.73. The second-order valence-corrected chi connectivity index (χ2v) is 4.80. The Hall–Kier alpha value is -2.32. The summed E-state index contributed by atoms with van der Waals surface area (Å²) in [5.41, 5.74) is -0.00435. The molecule has 0 spiro atoms. The summed E-state index contributed by atoms with van der Waals surface area (Å²) >= 11 is 0. The van der Waals surface area contributed by atoms with Gasteiger partial charge in [0.1, 0.15) is 0 Å². The second-order valence-electron chi connectivity index (χ2n) is 4.80. The molecule has 20 heavy (non-hydrogen) atoms. The van der Waals surface area contributed by atoms with Gasteiger partial charge in [-0.15, -0.1) is 0 Å². The quantitative estimate of drug-likeness (QED) is 0.489. The molecule has 1 saturated heterocycles. The van der Waals surface area contributed by atoms with Crippen LogP contribution in [0.4, 0.5) is 5.69 Å². The van der Waals surface area contributed by atoms with Crippen LogP contribution in [-0.2, 0) is 4.79 Å². The number of aliphatic hydroxyl groups is 1. The molecule has 104 valence electrons. The van der Waals surface area contributed by atoms with Gasteiger partial charge in [-0.05, 0) is 18.2 Å². The highest BCUT2D eigenvalue weighted by Gasteiger charge is 2.42. The molecule has 0 aliphatic carbocycles. The van der Waals surface area contributed by atoms with Gasteiger partial charge in [-0.25, -0.2) is 0 Å². The molecular weight excluding hydrogens is 254 g/mol. The molecule has 1 amide bonds. The van der Waals surface area contributed by atoms with Crippen LogP contribution < -0.4 is 5.01 Å². The van der Waals surface area contributed by atoms with E-state index in [1.54, 1.807) is 19.1 Å². The number of hydrogen-bond donors (Lipinski definition) is 1. The lowest BCUT2D eigenvalue weighted by molar-refractivity contribution is -0.137. The Bertz CT molecular complexity index is 603. The summed E-state index contributed by atoms with van der Waals surface area (Å²) in [5.74, 6) is 5.21. The minimum Gasteiger partial charge on any atom is -0.369 e. The molecule has 1 aromatic carbocycles. The molecular formula is C15H17N3O2. The first kappa shape index (κ1) is 14.1. The van der Waals surface area contributed by atoms with Gasteiger partial charge in [-0.1, -0.05) is 17.9 Å². The molecule has 1 heterocycles. The largest absolute Gasteiger partial charge is 0.369 e. The van der Waals surface area contributed by atoms with E-state index < -0.39 is 5.60 Å². The van der Waals surface area contributed by atoms with E-state index >= 15 is 0 Å². The molecule has 0 radical (unpaired) electrons. The number of hydrogen-bond acceptors (Lipinski definition) is 4. The summed E-state index contributed by atoms with van der Waals surface area (Å²) in [7, 11) is 3.44. The maximum atomic E-state index is 11.8. The molecule has 2 rings (SSSR count). The zero-order valence-corrected chi connectivity index (χ0v) is 11.6. The molecule has 1 N–H and O–H groups in total. The van der Waals surface area contributed by atoms with Crippen molar-refractivity contribution in [3.05, 3.63) is 29.8 Å². The van der Waals surface area contributed by atoms with E-state index in [4.69, 9.17) is 0 Å². The molecule has 1 aliphatic rings. The molecule has 1 aromatic rings. The Labute approximate surface area is 118 Å². The number of likely N-dealkylation sites (tertiary alicyclic amines) is 1. The summed E-state index contributed by atoms with van der Waals surface area (Å²) in [5, 5.41) is 15.6. The van der Waals surface area contributed by atoms with Crippen molar-refractivity contribution >= 4 is 18.3 Å². The van der Waals surface area contributed by atoms with Gasteiger partial charge in [0.05, 0.1) is 5.69 Å². The molecule has 5 nitrogen and oxygen atoms in total. The third kappa shape index (κ3) is 2.65. The number of nitrogens with zero attached hydrogens (tertiary/aromatic N) is 3. The van der Waals surface area contributed by atoms with Gasteiger partial charge in [0.2, 0.25) is 5.60 Å². The number of rotatable bonds is 2.